The topological polar surface area (TPSA) is 88.5 Å². The molecule has 0 fully saturated rings. The maximum atomic E-state index is 12.1. The van der Waals surface area contributed by atoms with Gasteiger partial charge in [0.2, 0.25) is 5.91 Å². The third-order valence-electron chi connectivity index (χ3n) is 3.17. The van der Waals surface area contributed by atoms with Crippen molar-refractivity contribution in [3.05, 3.63) is 53.3 Å². The first-order chi connectivity index (χ1) is 10.9. The zero-order chi connectivity index (χ0) is 16.8. The summed E-state index contributed by atoms with van der Waals surface area (Å²) in [5.41, 5.74) is 3.20. The SMILES string of the molecule is Cc1ccc(CC(=O)Nc2ccc(OCC(=O)O)cc2C)cn1. The number of carbonyl (C=O) groups excluding carboxylic acids is 1. The lowest BCUT2D eigenvalue weighted by atomic mass is 10.1. The van der Waals surface area contributed by atoms with Crippen molar-refractivity contribution in [1.82, 2.24) is 4.98 Å². The van der Waals surface area contributed by atoms with E-state index in [-0.39, 0.29) is 12.3 Å². The largest absolute Gasteiger partial charge is 0.482 e. The van der Waals surface area contributed by atoms with E-state index in [9.17, 15) is 9.59 Å². The number of carboxylic acid groups (broad SMARTS) is 1. The maximum absolute atomic E-state index is 12.1. The van der Waals surface area contributed by atoms with Gasteiger partial charge in [-0.05, 0) is 49.2 Å². The summed E-state index contributed by atoms with van der Waals surface area (Å²) >= 11 is 0. The highest BCUT2D eigenvalue weighted by Crippen LogP contribution is 2.21. The van der Waals surface area contributed by atoms with Crippen molar-refractivity contribution < 1.29 is 19.4 Å². The number of aliphatic carboxylic acids is 1. The van der Waals surface area contributed by atoms with Gasteiger partial charge in [-0.3, -0.25) is 9.78 Å². The Labute approximate surface area is 134 Å². The Hall–Kier alpha value is -2.89. The van der Waals surface area contributed by atoms with Crippen molar-refractivity contribution in [3.8, 4) is 5.75 Å². The average molecular weight is 314 g/mol. The standard InChI is InChI=1S/C17H18N2O4/c1-11-7-14(23-10-17(21)22)5-6-15(11)19-16(20)8-13-4-3-12(2)18-9-13/h3-7,9H,8,10H2,1-2H3,(H,19,20)(H,21,22). The molecule has 2 N–H and O–H groups in total. The number of rotatable bonds is 6. The van der Waals surface area contributed by atoms with Crippen molar-refractivity contribution >= 4 is 17.6 Å². The van der Waals surface area contributed by atoms with Gasteiger partial charge in [0, 0.05) is 17.6 Å². The molecule has 1 aromatic carbocycles. The van der Waals surface area contributed by atoms with Crippen LogP contribution in [0, 0.1) is 13.8 Å². The van der Waals surface area contributed by atoms with Crippen LogP contribution < -0.4 is 10.1 Å². The Morgan fingerprint density at radius 1 is 1.22 bits per heavy atom. The second-order valence-electron chi connectivity index (χ2n) is 5.19. The minimum Gasteiger partial charge on any atom is -0.482 e. The summed E-state index contributed by atoms with van der Waals surface area (Å²) in [6, 6.07) is 8.74. The molecule has 120 valence electrons. The van der Waals surface area contributed by atoms with Crippen LogP contribution in [0.5, 0.6) is 5.75 Å². The van der Waals surface area contributed by atoms with Crippen molar-refractivity contribution in [3.63, 3.8) is 0 Å². The molecule has 0 saturated heterocycles. The van der Waals surface area contributed by atoms with Gasteiger partial charge >= 0.3 is 5.97 Å². The van der Waals surface area contributed by atoms with Crippen LogP contribution in [-0.4, -0.2) is 28.6 Å². The minimum atomic E-state index is -1.04. The number of anilines is 1. The lowest BCUT2D eigenvalue weighted by Crippen LogP contribution is -2.15. The van der Waals surface area contributed by atoms with Crippen molar-refractivity contribution in [2.24, 2.45) is 0 Å². The van der Waals surface area contributed by atoms with E-state index in [1.807, 2.05) is 26.0 Å². The zero-order valence-electron chi connectivity index (χ0n) is 13.0. The van der Waals surface area contributed by atoms with Gasteiger partial charge in [-0.25, -0.2) is 4.79 Å². The predicted molar refractivity (Wildman–Crippen MR) is 85.6 cm³/mol. The van der Waals surface area contributed by atoms with Gasteiger partial charge in [0.1, 0.15) is 5.75 Å². The molecule has 23 heavy (non-hydrogen) atoms. The molecule has 0 aliphatic heterocycles. The highest BCUT2D eigenvalue weighted by molar-refractivity contribution is 5.93. The lowest BCUT2D eigenvalue weighted by Gasteiger charge is -2.10. The predicted octanol–water partition coefficient (Wildman–Crippen LogP) is 2.34. The molecule has 0 saturated carbocycles. The van der Waals surface area contributed by atoms with Crippen molar-refractivity contribution in [2.75, 3.05) is 11.9 Å². The van der Waals surface area contributed by atoms with Gasteiger partial charge in [0.05, 0.1) is 6.42 Å². The second kappa shape index (κ2) is 7.40. The van der Waals surface area contributed by atoms with Crippen LogP contribution in [0.3, 0.4) is 0 Å². The second-order valence-corrected chi connectivity index (χ2v) is 5.19. The van der Waals surface area contributed by atoms with Gasteiger partial charge in [0.25, 0.3) is 0 Å². The lowest BCUT2D eigenvalue weighted by molar-refractivity contribution is -0.139. The molecular formula is C17H18N2O4. The number of aryl methyl sites for hydroxylation is 2. The Bertz CT molecular complexity index is 711. The Balaban J connectivity index is 1.97. The molecule has 0 bridgehead atoms. The van der Waals surface area contributed by atoms with Crippen LogP contribution in [0.15, 0.2) is 36.5 Å². The quantitative estimate of drug-likeness (QED) is 0.854. The number of ether oxygens (including phenoxy) is 1. The number of aromatic nitrogens is 1. The van der Waals surface area contributed by atoms with E-state index in [0.29, 0.717) is 11.4 Å². The monoisotopic (exact) mass is 314 g/mol. The van der Waals surface area contributed by atoms with E-state index in [1.54, 1.807) is 24.4 Å². The number of carbonyl (C=O) groups is 2. The van der Waals surface area contributed by atoms with Crippen LogP contribution >= 0.6 is 0 Å². The molecule has 1 heterocycles. The highest BCUT2D eigenvalue weighted by atomic mass is 16.5. The Morgan fingerprint density at radius 2 is 2.00 bits per heavy atom. The smallest absolute Gasteiger partial charge is 0.341 e. The number of hydrogen-bond acceptors (Lipinski definition) is 4. The number of hydrogen-bond donors (Lipinski definition) is 2. The third kappa shape index (κ3) is 5.10. The van der Waals surface area contributed by atoms with Crippen LogP contribution in [0.4, 0.5) is 5.69 Å². The first kappa shape index (κ1) is 16.5. The van der Waals surface area contributed by atoms with Gasteiger partial charge in [-0.2, -0.15) is 0 Å². The summed E-state index contributed by atoms with van der Waals surface area (Å²) in [7, 11) is 0. The molecule has 0 aliphatic rings. The van der Waals surface area contributed by atoms with E-state index < -0.39 is 12.6 Å². The van der Waals surface area contributed by atoms with Crippen molar-refractivity contribution in [1.29, 1.82) is 0 Å². The van der Waals surface area contributed by atoms with Crippen LogP contribution in [0.25, 0.3) is 0 Å². The number of nitrogens with one attached hydrogen (secondary N) is 1. The highest BCUT2D eigenvalue weighted by Gasteiger charge is 2.08. The summed E-state index contributed by atoms with van der Waals surface area (Å²) in [5.74, 6) is -0.727. The van der Waals surface area contributed by atoms with Gasteiger partial charge in [-0.15, -0.1) is 0 Å². The molecular weight excluding hydrogens is 296 g/mol. The summed E-state index contributed by atoms with van der Waals surface area (Å²) < 4.78 is 5.09. The molecule has 1 aromatic heterocycles. The zero-order valence-corrected chi connectivity index (χ0v) is 13.0. The first-order valence-corrected chi connectivity index (χ1v) is 7.10. The average Bonchev–Trinajstić information content (AvgIpc) is 2.50. The van der Waals surface area contributed by atoms with Gasteiger partial charge < -0.3 is 15.2 Å². The fraction of sp³-hybridized carbons (Fsp3) is 0.235. The van der Waals surface area contributed by atoms with Crippen molar-refractivity contribution in [2.45, 2.75) is 20.3 Å². The van der Waals surface area contributed by atoms with Crippen LogP contribution in [-0.2, 0) is 16.0 Å². The number of carboxylic acids is 1. The van der Waals surface area contributed by atoms with Crippen LogP contribution in [0.1, 0.15) is 16.8 Å². The molecule has 0 radical (unpaired) electrons. The Morgan fingerprint density at radius 3 is 2.61 bits per heavy atom. The normalized spacial score (nSPS) is 10.2. The summed E-state index contributed by atoms with van der Waals surface area (Å²) in [6.07, 6.45) is 1.93. The third-order valence-corrected chi connectivity index (χ3v) is 3.17. The van der Waals surface area contributed by atoms with E-state index in [1.165, 1.54) is 0 Å². The fourth-order valence-electron chi connectivity index (χ4n) is 1.99. The fourth-order valence-corrected chi connectivity index (χ4v) is 1.99. The van der Waals surface area contributed by atoms with E-state index in [0.717, 1.165) is 16.8 Å². The summed E-state index contributed by atoms with van der Waals surface area (Å²) in [4.78, 5) is 26.7. The van der Waals surface area contributed by atoms with Crippen LogP contribution in [0.2, 0.25) is 0 Å². The van der Waals surface area contributed by atoms with E-state index in [4.69, 9.17) is 9.84 Å². The summed E-state index contributed by atoms with van der Waals surface area (Å²) in [5, 5.41) is 11.4. The molecule has 1 amide bonds. The molecule has 6 heteroatoms. The maximum Gasteiger partial charge on any atom is 0.341 e. The molecule has 2 aromatic rings. The number of nitrogens with zero attached hydrogens (tertiary/aromatic N) is 1. The first-order valence-electron chi connectivity index (χ1n) is 7.10. The molecule has 0 spiro atoms. The number of benzene rings is 1. The molecule has 0 atom stereocenters. The van der Waals surface area contributed by atoms with Gasteiger partial charge in [-0.1, -0.05) is 6.07 Å². The summed E-state index contributed by atoms with van der Waals surface area (Å²) in [6.45, 7) is 3.31. The van der Waals surface area contributed by atoms with Gasteiger partial charge in [0.15, 0.2) is 6.61 Å². The number of pyridine rings is 1. The molecule has 2 rings (SSSR count). The molecule has 6 nitrogen and oxygen atoms in total. The Kier molecular flexibility index (Phi) is 5.30. The number of amides is 1. The minimum absolute atomic E-state index is 0.141. The van der Waals surface area contributed by atoms with E-state index in [2.05, 4.69) is 10.3 Å². The molecule has 0 aliphatic carbocycles. The molecule has 0 unspecified atom stereocenters. The van der Waals surface area contributed by atoms with E-state index >= 15 is 0 Å².